The molecule has 0 radical (unpaired) electrons. The molecular weight excluding hydrogens is 340 g/mol. The molecule has 1 aliphatic rings. The summed E-state index contributed by atoms with van der Waals surface area (Å²) in [5.74, 6) is 0.00561. The lowest BCUT2D eigenvalue weighted by atomic mass is 9.89. The Morgan fingerprint density at radius 1 is 1.12 bits per heavy atom. The molecule has 1 atom stereocenters. The third-order valence-corrected chi connectivity index (χ3v) is 4.77. The standard InChI is InChI=1S/C19H20O5S/c1-11(2)5-8-16(25-10-20)12-9-15(23-3)17-13(21)6-7-14(22)18(17)19(12)24-4/h5-7,9-10,16H,8H2,1-4H3. The average molecular weight is 360 g/mol. The van der Waals surface area contributed by atoms with E-state index in [1.807, 2.05) is 19.9 Å². The quantitative estimate of drug-likeness (QED) is 0.541. The number of carbonyl (C=O) groups excluding carboxylic acids is 3. The molecule has 0 aromatic heterocycles. The van der Waals surface area contributed by atoms with E-state index in [4.69, 9.17) is 9.47 Å². The van der Waals surface area contributed by atoms with E-state index in [0.717, 1.165) is 23.0 Å². The van der Waals surface area contributed by atoms with Gasteiger partial charge in [-0.15, -0.1) is 0 Å². The van der Waals surface area contributed by atoms with Crippen molar-refractivity contribution in [2.75, 3.05) is 14.2 Å². The van der Waals surface area contributed by atoms with Crippen molar-refractivity contribution in [1.82, 2.24) is 0 Å². The van der Waals surface area contributed by atoms with Gasteiger partial charge in [0.25, 0.3) is 0 Å². The maximum atomic E-state index is 12.4. The van der Waals surface area contributed by atoms with Gasteiger partial charge in [0.15, 0.2) is 17.2 Å². The molecule has 2 rings (SSSR count). The predicted octanol–water partition coefficient (Wildman–Crippen LogP) is 3.96. The van der Waals surface area contributed by atoms with Gasteiger partial charge in [0.2, 0.25) is 0 Å². The van der Waals surface area contributed by atoms with Crippen LogP contribution in [0.15, 0.2) is 29.9 Å². The van der Waals surface area contributed by atoms with Crippen molar-refractivity contribution in [2.45, 2.75) is 25.5 Å². The Morgan fingerprint density at radius 2 is 1.76 bits per heavy atom. The normalized spacial score (nSPS) is 13.9. The van der Waals surface area contributed by atoms with Crippen LogP contribution in [0, 0.1) is 0 Å². The minimum absolute atomic E-state index is 0.193. The highest BCUT2D eigenvalue weighted by Gasteiger charge is 2.31. The van der Waals surface area contributed by atoms with Crippen molar-refractivity contribution in [3.05, 3.63) is 46.6 Å². The average Bonchev–Trinajstić information content (AvgIpc) is 2.60. The highest BCUT2D eigenvalue weighted by molar-refractivity contribution is 8.12. The second-order valence-electron chi connectivity index (χ2n) is 5.75. The number of benzene rings is 1. The van der Waals surface area contributed by atoms with Crippen LogP contribution in [0.3, 0.4) is 0 Å². The number of hydrogen-bond acceptors (Lipinski definition) is 6. The van der Waals surface area contributed by atoms with Crippen LogP contribution in [-0.4, -0.2) is 31.4 Å². The summed E-state index contributed by atoms with van der Waals surface area (Å²) in [6.45, 7) is 3.95. The van der Waals surface area contributed by atoms with Crippen molar-refractivity contribution in [2.24, 2.45) is 0 Å². The van der Waals surface area contributed by atoms with Crippen LogP contribution in [0.1, 0.15) is 51.8 Å². The summed E-state index contributed by atoms with van der Waals surface area (Å²) in [6, 6.07) is 1.68. The zero-order valence-electron chi connectivity index (χ0n) is 14.6. The fourth-order valence-corrected chi connectivity index (χ4v) is 3.41. The van der Waals surface area contributed by atoms with Crippen LogP contribution in [0.25, 0.3) is 0 Å². The molecule has 5 nitrogen and oxygen atoms in total. The van der Waals surface area contributed by atoms with Crippen molar-refractivity contribution >= 4 is 28.9 Å². The fraction of sp³-hybridized carbons (Fsp3) is 0.316. The van der Waals surface area contributed by atoms with E-state index in [0.29, 0.717) is 23.5 Å². The first-order valence-electron chi connectivity index (χ1n) is 7.72. The number of fused-ring (bicyclic) bond motifs is 1. The molecule has 0 fully saturated rings. The van der Waals surface area contributed by atoms with E-state index in [-0.39, 0.29) is 27.9 Å². The number of ketones is 2. The Bertz CT molecular complexity index is 773. The molecule has 0 amide bonds. The van der Waals surface area contributed by atoms with Crippen LogP contribution in [0.2, 0.25) is 0 Å². The van der Waals surface area contributed by atoms with Gasteiger partial charge in [0.05, 0.1) is 25.3 Å². The molecule has 132 valence electrons. The molecule has 0 bridgehead atoms. The van der Waals surface area contributed by atoms with E-state index in [1.165, 1.54) is 26.4 Å². The van der Waals surface area contributed by atoms with Gasteiger partial charge in [-0.2, -0.15) is 0 Å². The summed E-state index contributed by atoms with van der Waals surface area (Å²) in [5, 5.41) is -0.254. The third kappa shape index (κ3) is 3.85. The lowest BCUT2D eigenvalue weighted by Gasteiger charge is -2.23. The lowest BCUT2D eigenvalue weighted by molar-refractivity contribution is 0.0988. The zero-order chi connectivity index (χ0) is 18.6. The summed E-state index contributed by atoms with van der Waals surface area (Å²) < 4.78 is 10.8. The summed E-state index contributed by atoms with van der Waals surface area (Å²) >= 11 is 1.10. The van der Waals surface area contributed by atoms with Crippen molar-refractivity contribution in [3.8, 4) is 11.5 Å². The molecule has 0 aliphatic heterocycles. The highest BCUT2D eigenvalue weighted by Crippen LogP contribution is 2.44. The smallest absolute Gasteiger partial charge is 0.190 e. The SMILES string of the molecule is COc1cc(C(CC=C(C)C)SC=O)c(OC)c2c1C(=O)C=CC2=O. The predicted molar refractivity (Wildman–Crippen MR) is 98.5 cm³/mol. The van der Waals surface area contributed by atoms with Crippen LogP contribution in [0.5, 0.6) is 11.5 Å². The Kier molecular flexibility index (Phi) is 6.20. The van der Waals surface area contributed by atoms with E-state index in [2.05, 4.69) is 0 Å². The van der Waals surface area contributed by atoms with Gasteiger partial charge < -0.3 is 9.47 Å². The Hall–Kier alpha value is -2.34. The zero-order valence-corrected chi connectivity index (χ0v) is 15.4. The van der Waals surface area contributed by atoms with Gasteiger partial charge in [-0.3, -0.25) is 14.4 Å². The van der Waals surface area contributed by atoms with Crippen LogP contribution in [0.4, 0.5) is 0 Å². The molecule has 0 spiro atoms. The number of thioether (sulfide) groups is 1. The first kappa shape index (κ1) is 19.0. The second kappa shape index (κ2) is 8.16. The molecular formula is C19H20O5S. The summed E-state index contributed by atoms with van der Waals surface area (Å²) in [4.78, 5) is 35.8. The topological polar surface area (TPSA) is 69.7 Å². The fourth-order valence-electron chi connectivity index (χ4n) is 2.74. The van der Waals surface area contributed by atoms with Gasteiger partial charge in [0, 0.05) is 10.8 Å². The van der Waals surface area contributed by atoms with E-state index in [9.17, 15) is 14.4 Å². The first-order valence-corrected chi connectivity index (χ1v) is 8.66. The molecule has 6 heteroatoms. The molecule has 0 saturated heterocycles. The van der Waals surface area contributed by atoms with Crippen LogP contribution in [-0.2, 0) is 4.79 Å². The molecule has 0 N–H and O–H groups in total. The van der Waals surface area contributed by atoms with Gasteiger partial charge in [0.1, 0.15) is 11.5 Å². The number of rotatable bonds is 7. The van der Waals surface area contributed by atoms with Crippen molar-refractivity contribution in [1.29, 1.82) is 0 Å². The molecule has 1 aliphatic carbocycles. The van der Waals surface area contributed by atoms with E-state index >= 15 is 0 Å². The number of carbonyl (C=O) groups is 3. The maximum Gasteiger partial charge on any atom is 0.190 e. The first-order chi connectivity index (χ1) is 11.9. The molecule has 1 aromatic carbocycles. The van der Waals surface area contributed by atoms with Crippen LogP contribution >= 0.6 is 11.8 Å². The minimum Gasteiger partial charge on any atom is -0.496 e. The van der Waals surface area contributed by atoms with Gasteiger partial charge in [-0.1, -0.05) is 23.4 Å². The molecule has 0 saturated carbocycles. The van der Waals surface area contributed by atoms with E-state index in [1.54, 1.807) is 6.07 Å². The summed E-state index contributed by atoms with van der Waals surface area (Å²) in [5.41, 5.74) is 2.94. The van der Waals surface area contributed by atoms with Crippen molar-refractivity contribution in [3.63, 3.8) is 0 Å². The van der Waals surface area contributed by atoms with Crippen LogP contribution < -0.4 is 9.47 Å². The second-order valence-corrected chi connectivity index (χ2v) is 6.78. The summed E-state index contributed by atoms with van der Waals surface area (Å²) in [6.07, 6.45) is 5.06. The minimum atomic E-state index is -0.316. The maximum absolute atomic E-state index is 12.4. The van der Waals surface area contributed by atoms with Gasteiger partial charge >= 0.3 is 0 Å². The summed E-state index contributed by atoms with van der Waals surface area (Å²) in [7, 11) is 2.89. The lowest BCUT2D eigenvalue weighted by Crippen LogP contribution is -2.16. The van der Waals surface area contributed by atoms with Gasteiger partial charge in [-0.25, -0.2) is 0 Å². The third-order valence-electron chi connectivity index (χ3n) is 3.88. The Morgan fingerprint density at radius 3 is 2.28 bits per heavy atom. The van der Waals surface area contributed by atoms with E-state index < -0.39 is 0 Å². The Balaban J connectivity index is 2.71. The molecule has 25 heavy (non-hydrogen) atoms. The number of methoxy groups -OCH3 is 2. The molecule has 0 heterocycles. The largest absolute Gasteiger partial charge is 0.496 e. The molecule has 1 aromatic rings. The number of allylic oxidation sites excluding steroid dienone is 4. The number of ether oxygens (including phenoxy) is 2. The highest BCUT2D eigenvalue weighted by atomic mass is 32.2. The van der Waals surface area contributed by atoms with Gasteiger partial charge in [-0.05, 0) is 38.5 Å². The van der Waals surface area contributed by atoms with Crippen molar-refractivity contribution < 1.29 is 23.9 Å². The number of hydrogen-bond donors (Lipinski definition) is 0. The monoisotopic (exact) mass is 360 g/mol. The Labute approximate surface area is 151 Å². The molecule has 1 unspecified atom stereocenters.